The molecule has 1 N–H and O–H groups in total. The summed E-state index contributed by atoms with van der Waals surface area (Å²) in [5, 5.41) is 16.6. The first kappa shape index (κ1) is 22.8. The Kier molecular flexibility index (Phi) is 5.71. The van der Waals surface area contributed by atoms with E-state index in [1.807, 2.05) is 0 Å². The number of halogens is 1. The summed E-state index contributed by atoms with van der Waals surface area (Å²) in [6.45, 7) is 5.28. The maximum absolute atomic E-state index is 14.8. The molecule has 0 aliphatic carbocycles. The van der Waals surface area contributed by atoms with Gasteiger partial charge in [0.05, 0.1) is 23.4 Å². The van der Waals surface area contributed by atoms with Crippen LogP contribution in [0.1, 0.15) is 35.3 Å². The lowest BCUT2D eigenvalue weighted by Gasteiger charge is -2.17. The molecule has 34 heavy (non-hydrogen) atoms. The van der Waals surface area contributed by atoms with Gasteiger partial charge >= 0.3 is 0 Å². The summed E-state index contributed by atoms with van der Waals surface area (Å²) in [6, 6.07) is 13.6. The molecule has 0 radical (unpaired) electrons. The van der Waals surface area contributed by atoms with Crippen molar-refractivity contribution in [1.29, 1.82) is 5.26 Å². The fraction of sp³-hybridized carbons (Fsp3) is 0.192. The number of nitriles is 1. The van der Waals surface area contributed by atoms with Gasteiger partial charge in [-0.1, -0.05) is 12.1 Å². The van der Waals surface area contributed by atoms with Crippen molar-refractivity contribution >= 4 is 22.5 Å². The van der Waals surface area contributed by atoms with Crippen molar-refractivity contribution in [3.05, 3.63) is 87.7 Å². The normalized spacial score (nSPS) is 11.3. The van der Waals surface area contributed by atoms with Gasteiger partial charge in [0.1, 0.15) is 11.3 Å². The predicted octanol–water partition coefficient (Wildman–Crippen LogP) is 4.50. The van der Waals surface area contributed by atoms with Gasteiger partial charge in [0.2, 0.25) is 0 Å². The Balaban J connectivity index is 1.71. The van der Waals surface area contributed by atoms with E-state index in [9.17, 15) is 19.2 Å². The second-order valence-electron chi connectivity index (χ2n) is 8.65. The molecule has 0 fully saturated rings. The van der Waals surface area contributed by atoms with E-state index in [4.69, 9.17) is 0 Å². The Morgan fingerprint density at radius 3 is 2.68 bits per heavy atom. The molecule has 4 aromatic rings. The average molecular weight is 455 g/mol. The van der Waals surface area contributed by atoms with Crippen molar-refractivity contribution in [3.8, 4) is 17.2 Å². The van der Waals surface area contributed by atoms with E-state index in [2.05, 4.69) is 21.5 Å². The highest BCUT2D eigenvalue weighted by Gasteiger charge is 2.21. The summed E-state index contributed by atoms with van der Waals surface area (Å²) in [5.74, 6) is -1.07. The van der Waals surface area contributed by atoms with E-state index >= 15 is 0 Å². The summed E-state index contributed by atoms with van der Waals surface area (Å²) in [4.78, 5) is 29.4. The van der Waals surface area contributed by atoms with Gasteiger partial charge in [0, 0.05) is 29.8 Å². The largest absolute Gasteiger partial charge is 0.319 e. The number of hydrogen-bond donors (Lipinski definition) is 1. The third kappa shape index (κ3) is 4.16. The van der Waals surface area contributed by atoms with Gasteiger partial charge in [0.15, 0.2) is 0 Å². The van der Waals surface area contributed by atoms with Crippen LogP contribution in [-0.2, 0) is 12.5 Å². The highest BCUT2D eigenvalue weighted by atomic mass is 19.1. The molecule has 7 nitrogen and oxygen atoms in total. The van der Waals surface area contributed by atoms with Crippen LogP contribution in [0.15, 0.2) is 59.7 Å². The number of aryl methyl sites for hydroxylation is 2. The first-order valence-corrected chi connectivity index (χ1v) is 10.6. The van der Waals surface area contributed by atoms with Crippen molar-refractivity contribution in [2.75, 3.05) is 5.32 Å². The molecule has 0 aliphatic heterocycles. The highest BCUT2D eigenvalue weighted by molar-refractivity contribution is 6.05. The maximum atomic E-state index is 14.8. The molecule has 0 atom stereocenters. The molecule has 0 unspecified atom stereocenters. The smallest absolute Gasteiger partial charge is 0.292 e. The van der Waals surface area contributed by atoms with Gasteiger partial charge in [0.25, 0.3) is 11.5 Å². The van der Waals surface area contributed by atoms with Gasteiger partial charge in [-0.15, -0.1) is 0 Å². The molecule has 1 amide bonds. The van der Waals surface area contributed by atoms with E-state index in [0.717, 1.165) is 0 Å². The molecule has 2 aromatic carbocycles. The SMILES string of the molecule is Cc1cc(F)c(NC(=O)c2cccc(C(C)(C)C#N)c2)cc1-c1cnc2c(=O)n(C)ncc2c1. The van der Waals surface area contributed by atoms with Crippen molar-refractivity contribution in [2.24, 2.45) is 7.05 Å². The number of rotatable bonds is 4. The first-order valence-electron chi connectivity index (χ1n) is 10.6. The van der Waals surface area contributed by atoms with Gasteiger partial charge in [-0.05, 0) is 67.8 Å². The Morgan fingerprint density at radius 1 is 1.18 bits per heavy atom. The number of nitrogens with one attached hydrogen (secondary N) is 1. The lowest BCUT2D eigenvalue weighted by molar-refractivity contribution is 0.102. The van der Waals surface area contributed by atoms with Gasteiger partial charge in [-0.25, -0.2) is 14.1 Å². The van der Waals surface area contributed by atoms with Crippen LogP contribution in [0.25, 0.3) is 22.0 Å². The summed E-state index contributed by atoms with van der Waals surface area (Å²) >= 11 is 0. The predicted molar refractivity (Wildman–Crippen MR) is 128 cm³/mol. The quantitative estimate of drug-likeness (QED) is 0.488. The Hall–Kier alpha value is -4.38. The minimum Gasteiger partial charge on any atom is -0.319 e. The van der Waals surface area contributed by atoms with Crippen LogP contribution in [0.3, 0.4) is 0 Å². The minimum absolute atomic E-state index is 0.0118. The Bertz CT molecular complexity index is 1550. The number of amides is 1. The van der Waals surface area contributed by atoms with Crippen molar-refractivity contribution < 1.29 is 9.18 Å². The average Bonchev–Trinajstić information content (AvgIpc) is 2.83. The van der Waals surface area contributed by atoms with Crippen molar-refractivity contribution in [1.82, 2.24) is 14.8 Å². The van der Waals surface area contributed by atoms with Crippen LogP contribution in [0.2, 0.25) is 0 Å². The molecule has 0 bridgehead atoms. The Morgan fingerprint density at radius 2 is 1.94 bits per heavy atom. The first-order chi connectivity index (χ1) is 16.1. The number of benzene rings is 2. The fourth-order valence-corrected chi connectivity index (χ4v) is 3.65. The Labute approximate surface area is 195 Å². The number of anilines is 1. The third-order valence-corrected chi connectivity index (χ3v) is 5.78. The zero-order valence-corrected chi connectivity index (χ0v) is 19.2. The molecule has 8 heteroatoms. The van der Waals surface area contributed by atoms with E-state index < -0.39 is 17.1 Å². The summed E-state index contributed by atoms with van der Waals surface area (Å²) in [5.41, 5.74) is 2.19. The van der Waals surface area contributed by atoms with Crippen LogP contribution < -0.4 is 10.9 Å². The van der Waals surface area contributed by atoms with E-state index in [1.54, 1.807) is 76.6 Å². The number of fused-ring (bicyclic) bond motifs is 1. The molecule has 0 saturated carbocycles. The minimum atomic E-state index is -0.766. The molecule has 170 valence electrons. The zero-order chi connectivity index (χ0) is 24.6. The standard InChI is InChI=1S/C26H22FN5O2/c1-15-8-21(27)22(31-24(33)16-6-5-7-19(10-16)26(2,3)14-28)11-20(15)17-9-18-13-30-32(4)25(34)23(18)29-12-17/h5-13H,1-4H3,(H,31,33). The molecular weight excluding hydrogens is 433 g/mol. The number of pyridine rings is 1. The van der Waals surface area contributed by atoms with Crippen LogP contribution in [0.5, 0.6) is 0 Å². The third-order valence-electron chi connectivity index (χ3n) is 5.78. The zero-order valence-electron chi connectivity index (χ0n) is 19.2. The van der Waals surface area contributed by atoms with Gasteiger partial charge < -0.3 is 5.32 Å². The van der Waals surface area contributed by atoms with Crippen molar-refractivity contribution in [3.63, 3.8) is 0 Å². The van der Waals surface area contributed by atoms with Crippen LogP contribution in [0.4, 0.5) is 10.1 Å². The molecule has 2 aromatic heterocycles. The topological polar surface area (TPSA) is 101 Å². The van der Waals surface area contributed by atoms with Crippen LogP contribution in [0, 0.1) is 24.1 Å². The van der Waals surface area contributed by atoms with Crippen LogP contribution >= 0.6 is 0 Å². The summed E-state index contributed by atoms with van der Waals surface area (Å²) in [7, 11) is 1.55. The number of hydrogen-bond acceptors (Lipinski definition) is 5. The van der Waals surface area contributed by atoms with E-state index in [-0.39, 0.29) is 16.8 Å². The number of nitrogens with zero attached hydrogens (tertiary/aromatic N) is 4. The number of carbonyl (C=O) groups is 1. The molecule has 0 aliphatic rings. The van der Waals surface area contributed by atoms with Gasteiger partial charge in [-0.2, -0.15) is 10.4 Å². The molecule has 2 heterocycles. The molecule has 0 spiro atoms. The molecular formula is C26H22FN5O2. The molecule has 4 rings (SSSR count). The van der Waals surface area contributed by atoms with E-state index in [1.165, 1.54) is 10.7 Å². The second-order valence-corrected chi connectivity index (χ2v) is 8.65. The second kappa shape index (κ2) is 8.52. The lowest BCUT2D eigenvalue weighted by atomic mass is 9.85. The molecule has 0 saturated heterocycles. The van der Waals surface area contributed by atoms with E-state index in [0.29, 0.717) is 33.2 Å². The fourth-order valence-electron chi connectivity index (χ4n) is 3.65. The summed E-state index contributed by atoms with van der Waals surface area (Å²) < 4.78 is 16.0. The van der Waals surface area contributed by atoms with Crippen LogP contribution in [-0.4, -0.2) is 20.7 Å². The van der Waals surface area contributed by atoms with Gasteiger partial charge in [-0.3, -0.25) is 9.59 Å². The maximum Gasteiger partial charge on any atom is 0.292 e. The summed E-state index contributed by atoms with van der Waals surface area (Å²) in [6.07, 6.45) is 3.09. The number of aromatic nitrogens is 3. The number of carbonyl (C=O) groups excluding carboxylic acids is 1. The van der Waals surface area contributed by atoms with Crippen molar-refractivity contribution in [2.45, 2.75) is 26.2 Å². The monoisotopic (exact) mass is 455 g/mol. The lowest BCUT2D eigenvalue weighted by Crippen LogP contribution is -2.19. The highest BCUT2D eigenvalue weighted by Crippen LogP contribution is 2.30.